The van der Waals surface area contributed by atoms with Crippen molar-refractivity contribution in [2.75, 3.05) is 6.61 Å². The maximum atomic E-state index is 13.1. The Morgan fingerprint density at radius 1 is 0.564 bits per heavy atom. The highest BCUT2D eigenvalue weighted by Crippen LogP contribution is 2.16. The van der Waals surface area contributed by atoms with Gasteiger partial charge in [0.2, 0.25) is 5.91 Å². The van der Waals surface area contributed by atoms with Crippen LogP contribution in [0.3, 0.4) is 0 Å². The molecule has 0 aliphatic heterocycles. The summed E-state index contributed by atoms with van der Waals surface area (Å²) in [5.74, 6) is -0.534. The molecule has 0 fully saturated rings. The van der Waals surface area contributed by atoms with Gasteiger partial charge in [-0.25, -0.2) is 0 Å². The summed E-state index contributed by atoms with van der Waals surface area (Å²) in [4.78, 5) is 26.0. The van der Waals surface area contributed by atoms with Gasteiger partial charge in [0.05, 0.1) is 25.2 Å². The van der Waals surface area contributed by atoms with Gasteiger partial charge in [0, 0.05) is 6.42 Å². The molecule has 0 aromatic heterocycles. The molecule has 316 valence electrons. The molecule has 0 rings (SSSR count). The van der Waals surface area contributed by atoms with Crippen molar-refractivity contribution < 1.29 is 24.5 Å². The fourth-order valence-electron chi connectivity index (χ4n) is 6.44. The van der Waals surface area contributed by atoms with Gasteiger partial charge in [-0.15, -0.1) is 0 Å². The highest BCUT2D eigenvalue weighted by Gasteiger charge is 2.24. The first-order valence-corrected chi connectivity index (χ1v) is 22.7. The van der Waals surface area contributed by atoms with Crippen molar-refractivity contribution in [3.63, 3.8) is 0 Å². The van der Waals surface area contributed by atoms with Crippen LogP contribution in [0.15, 0.2) is 72.9 Å². The average molecular weight is 768 g/mol. The van der Waals surface area contributed by atoms with Crippen LogP contribution in [0.1, 0.15) is 201 Å². The van der Waals surface area contributed by atoms with Crippen LogP contribution in [0.4, 0.5) is 0 Å². The Morgan fingerprint density at radius 2 is 1.07 bits per heavy atom. The largest absolute Gasteiger partial charge is 0.462 e. The summed E-state index contributed by atoms with van der Waals surface area (Å²) >= 11 is 0. The molecule has 3 unspecified atom stereocenters. The van der Waals surface area contributed by atoms with Crippen LogP contribution >= 0.6 is 0 Å². The molecule has 6 nitrogen and oxygen atoms in total. The second-order valence-corrected chi connectivity index (χ2v) is 15.1. The molecule has 0 aromatic carbocycles. The molecule has 6 heteroatoms. The van der Waals surface area contributed by atoms with E-state index in [0.29, 0.717) is 19.3 Å². The Kier molecular flexibility index (Phi) is 40.4. The highest BCUT2D eigenvalue weighted by atomic mass is 16.5. The first-order chi connectivity index (χ1) is 27.0. The first kappa shape index (κ1) is 52.3. The topological polar surface area (TPSA) is 95.9 Å². The predicted octanol–water partition coefficient (Wildman–Crippen LogP) is 13.1. The second-order valence-electron chi connectivity index (χ2n) is 15.1. The van der Waals surface area contributed by atoms with Crippen LogP contribution in [0.5, 0.6) is 0 Å². The molecule has 0 heterocycles. The van der Waals surface area contributed by atoms with E-state index in [1.54, 1.807) is 0 Å². The van der Waals surface area contributed by atoms with Gasteiger partial charge < -0.3 is 20.3 Å². The Balaban J connectivity index is 4.67. The zero-order chi connectivity index (χ0) is 40.3. The Bertz CT molecular complexity index is 1040. The molecule has 0 bridgehead atoms. The van der Waals surface area contributed by atoms with E-state index in [1.807, 2.05) is 0 Å². The summed E-state index contributed by atoms with van der Waals surface area (Å²) in [5, 5.41) is 23.6. The molecule has 0 radical (unpaired) electrons. The van der Waals surface area contributed by atoms with E-state index < -0.39 is 18.2 Å². The minimum atomic E-state index is -0.800. The number of aliphatic hydroxyl groups excluding tert-OH is 2. The number of rotatable bonds is 39. The van der Waals surface area contributed by atoms with Crippen molar-refractivity contribution in [3.8, 4) is 0 Å². The lowest BCUT2D eigenvalue weighted by Crippen LogP contribution is -2.46. The van der Waals surface area contributed by atoms with Gasteiger partial charge in [0.1, 0.15) is 6.10 Å². The summed E-state index contributed by atoms with van der Waals surface area (Å²) < 4.78 is 5.88. The van der Waals surface area contributed by atoms with Crippen molar-refractivity contribution >= 4 is 11.9 Å². The van der Waals surface area contributed by atoms with Crippen LogP contribution in [-0.2, 0) is 14.3 Å². The summed E-state index contributed by atoms with van der Waals surface area (Å²) in [6.07, 6.45) is 52.5. The monoisotopic (exact) mass is 768 g/mol. The number of carbonyl (C=O) groups excluding carboxylic acids is 2. The Hall–Kier alpha value is -2.70. The number of amides is 1. The number of allylic oxidation sites excluding steroid dienone is 12. The molecule has 1 amide bonds. The number of hydrogen-bond donors (Lipinski definition) is 3. The van der Waals surface area contributed by atoms with Gasteiger partial charge in [-0.3, -0.25) is 9.59 Å². The number of carbonyl (C=O) groups is 2. The lowest BCUT2D eigenvalue weighted by atomic mass is 10.0. The van der Waals surface area contributed by atoms with E-state index in [0.717, 1.165) is 89.9 Å². The van der Waals surface area contributed by atoms with Crippen molar-refractivity contribution in [1.82, 2.24) is 5.32 Å². The molecule has 0 aliphatic rings. The summed E-state index contributed by atoms with van der Waals surface area (Å²) in [5.41, 5.74) is 0. The molecule has 0 spiro atoms. The number of nitrogens with one attached hydrogen (secondary N) is 1. The molecule has 3 atom stereocenters. The number of aliphatic hydroxyl groups is 2. The van der Waals surface area contributed by atoms with Gasteiger partial charge in [-0.2, -0.15) is 0 Å². The van der Waals surface area contributed by atoms with E-state index in [2.05, 4.69) is 99.0 Å². The molecule has 0 saturated carbocycles. The van der Waals surface area contributed by atoms with E-state index in [4.69, 9.17) is 4.74 Å². The van der Waals surface area contributed by atoms with E-state index in [9.17, 15) is 19.8 Å². The van der Waals surface area contributed by atoms with Crippen LogP contribution in [0.25, 0.3) is 0 Å². The SMILES string of the molecule is CC/C=C/C=C/C=C/CCCCCCCCCC(=O)OC(CCCC/C=C/C/C=C/C/C=C/CC)CC(=O)NC(CO)C(O)CCCCCCCCCCC. The maximum absolute atomic E-state index is 13.1. The van der Waals surface area contributed by atoms with Gasteiger partial charge in [-0.05, 0) is 77.0 Å². The van der Waals surface area contributed by atoms with Gasteiger partial charge in [0.15, 0.2) is 0 Å². The highest BCUT2D eigenvalue weighted by molar-refractivity contribution is 5.77. The zero-order valence-electron chi connectivity index (χ0n) is 35.8. The Labute approximate surface area is 339 Å². The maximum Gasteiger partial charge on any atom is 0.306 e. The van der Waals surface area contributed by atoms with Crippen LogP contribution in [0.2, 0.25) is 0 Å². The van der Waals surface area contributed by atoms with Crippen molar-refractivity contribution in [2.45, 2.75) is 219 Å². The first-order valence-electron chi connectivity index (χ1n) is 22.7. The lowest BCUT2D eigenvalue weighted by Gasteiger charge is -2.24. The van der Waals surface area contributed by atoms with E-state index >= 15 is 0 Å². The average Bonchev–Trinajstić information content (AvgIpc) is 3.18. The quantitative estimate of drug-likeness (QED) is 0.0250. The molecule has 0 aliphatic carbocycles. The minimum absolute atomic E-state index is 0.0431. The van der Waals surface area contributed by atoms with Crippen molar-refractivity contribution in [2.24, 2.45) is 0 Å². The van der Waals surface area contributed by atoms with Crippen molar-refractivity contribution in [1.29, 1.82) is 0 Å². The van der Waals surface area contributed by atoms with Crippen LogP contribution in [-0.4, -0.2) is 46.9 Å². The third kappa shape index (κ3) is 38.0. The van der Waals surface area contributed by atoms with Gasteiger partial charge in [0.25, 0.3) is 0 Å². The van der Waals surface area contributed by atoms with Crippen molar-refractivity contribution in [3.05, 3.63) is 72.9 Å². The number of unbranched alkanes of at least 4 members (excludes halogenated alkanes) is 17. The summed E-state index contributed by atoms with van der Waals surface area (Å²) in [6.45, 7) is 6.18. The second kappa shape index (κ2) is 42.4. The molecule has 0 saturated heterocycles. The normalized spacial score (nSPS) is 14.1. The third-order valence-electron chi connectivity index (χ3n) is 9.84. The van der Waals surface area contributed by atoms with Gasteiger partial charge in [-0.1, -0.05) is 184 Å². The zero-order valence-corrected chi connectivity index (χ0v) is 35.8. The standard InChI is InChI=1S/C49H85NO5/c1-4-7-10-13-16-19-21-23-24-25-27-30-33-36-39-42-49(54)55-45(40-37-34-31-29-26-22-20-17-14-11-8-5-2)43-48(53)50-46(44-51)47(52)41-38-35-32-28-18-15-12-9-6-3/h7-8,10-11,13,16-17,19-21,26,29,45-47,51-52H,4-6,9,12,14-15,18,22-25,27-28,30-44H2,1-3H3,(H,50,53)/b10-7+,11-8+,16-13+,20-17+,21-19+,29-26+. The van der Waals surface area contributed by atoms with E-state index in [-0.39, 0.29) is 24.9 Å². The molecule has 3 N–H and O–H groups in total. The molecular formula is C49H85NO5. The smallest absolute Gasteiger partial charge is 0.306 e. The summed E-state index contributed by atoms with van der Waals surface area (Å²) in [7, 11) is 0. The summed E-state index contributed by atoms with van der Waals surface area (Å²) in [6, 6.07) is -0.716. The fraction of sp³-hybridized carbons (Fsp3) is 0.714. The van der Waals surface area contributed by atoms with Crippen LogP contribution < -0.4 is 5.32 Å². The number of hydrogen-bond acceptors (Lipinski definition) is 5. The van der Waals surface area contributed by atoms with Crippen LogP contribution in [0, 0.1) is 0 Å². The molecule has 55 heavy (non-hydrogen) atoms. The molecule has 0 aromatic rings. The minimum Gasteiger partial charge on any atom is -0.462 e. The number of ether oxygens (including phenoxy) is 1. The lowest BCUT2D eigenvalue weighted by molar-refractivity contribution is -0.151. The molecular weight excluding hydrogens is 683 g/mol. The third-order valence-corrected chi connectivity index (χ3v) is 9.84. The fourth-order valence-corrected chi connectivity index (χ4v) is 6.44. The Morgan fingerprint density at radius 3 is 1.71 bits per heavy atom. The van der Waals surface area contributed by atoms with Gasteiger partial charge >= 0.3 is 5.97 Å². The number of esters is 1. The van der Waals surface area contributed by atoms with E-state index in [1.165, 1.54) is 64.2 Å². The predicted molar refractivity (Wildman–Crippen MR) is 236 cm³/mol.